The van der Waals surface area contributed by atoms with E-state index in [9.17, 15) is 9.90 Å². The Morgan fingerprint density at radius 2 is 2.00 bits per heavy atom. The molecule has 0 saturated carbocycles. The highest BCUT2D eigenvalue weighted by atomic mass is 16.5. The highest BCUT2D eigenvalue weighted by molar-refractivity contribution is 5.73. The summed E-state index contributed by atoms with van der Waals surface area (Å²) >= 11 is 0. The van der Waals surface area contributed by atoms with E-state index in [2.05, 4.69) is 10.3 Å². The number of fused-ring (bicyclic) bond motifs is 1. The number of aromatic nitrogens is 1. The molecule has 5 heteroatoms. The van der Waals surface area contributed by atoms with Crippen molar-refractivity contribution in [2.24, 2.45) is 0 Å². The number of benzene rings is 1. The van der Waals surface area contributed by atoms with E-state index < -0.39 is 12.1 Å². The normalized spacial score (nSPS) is 23.8. The number of para-hydroxylation sites is 1. The number of pyridine rings is 1. The fourth-order valence-electron chi connectivity index (χ4n) is 2.79. The van der Waals surface area contributed by atoms with E-state index in [1.54, 1.807) is 12.4 Å². The highest BCUT2D eigenvalue weighted by Gasteiger charge is 2.32. The van der Waals surface area contributed by atoms with E-state index in [4.69, 9.17) is 4.74 Å². The van der Waals surface area contributed by atoms with Crippen LogP contribution in [0, 0.1) is 0 Å². The maximum atomic E-state index is 11.5. The van der Waals surface area contributed by atoms with Crippen molar-refractivity contribution in [1.82, 2.24) is 10.3 Å². The fraction of sp³-hybridized carbons (Fsp3) is 0.294. The van der Waals surface area contributed by atoms with Gasteiger partial charge in [0.05, 0.1) is 6.04 Å². The number of aliphatic hydroxyl groups is 1. The molecule has 3 unspecified atom stereocenters. The molecule has 0 radical (unpaired) electrons. The van der Waals surface area contributed by atoms with Crippen molar-refractivity contribution < 1.29 is 14.6 Å². The molecule has 3 atom stereocenters. The van der Waals surface area contributed by atoms with E-state index in [1.165, 1.54) is 6.92 Å². The molecular formula is C17H18N2O3. The van der Waals surface area contributed by atoms with Crippen molar-refractivity contribution in [2.75, 3.05) is 0 Å². The second-order valence-electron chi connectivity index (χ2n) is 5.41. The minimum absolute atomic E-state index is 0.170. The Hall–Kier alpha value is -2.40. The number of hydrogen-bond acceptors (Lipinski definition) is 4. The molecule has 0 aliphatic carbocycles. The summed E-state index contributed by atoms with van der Waals surface area (Å²) in [5.74, 6) is 0.474. The van der Waals surface area contributed by atoms with Crippen LogP contribution in [0.4, 0.5) is 0 Å². The van der Waals surface area contributed by atoms with Crippen LogP contribution < -0.4 is 10.1 Å². The lowest BCUT2D eigenvalue weighted by atomic mass is 9.96. The van der Waals surface area contributed by atoms with Gasteiger partial charge in [0, 0.05) is 31.3 Å². The standard InChI is InChI=1S/C17H18N2O3/c1-11(20)19-14-10-16(12-6-8-18-9-7-12)22-15-5-3-2-4-13(15)17(14)21/h2-9,14,16-17,21H,10H2,1H3,(H,19,20). The predicted molar refractivity (Wildman–Crippen MR) is 81.2 cm³/mol. The van der Waals surface area contributed by atoms with Crippen molar-refractivity contribution >= 4 is 5.91 Å². The van der Waals surface area contributed by atoms with Crippen molar-refractivity contribution in [3.8, 4) is 5.75 Å². The molecule has 5 nitrogen and oxygen atoms in total. The van der Waals surface area contributed by atoms with Gasteiger partial charge in [-0.15, -0.1) is 0 Å². The Balaban J connectivity index is 1.99. The fourth-order valence-corrected chi connectivity index (χ4v) is 2.79. The van der Waals surface area contributed by atoms with E-state index in [0.29, 0.717) is 17.7 Å². The Morgan fingerprint density at radius 1 is 1.27 bits per heavy atom. The van der Waals surface area contributed by atoms with E-state index in [-0.39, 0.29) is 12.0 Å². The maximum absolute atomic E-state index is 11.5. The summed E-state index contributed by atoms with van der Waals surface area (Å²) in [7, 11) is 0. The molecule has 1 aromatic carbocycles. The molecule has 2 aromatic rings. The smallest absolute Gasteiger partial charge is 0.217 e. The number of nitrogens with one attached hydrogen (secondary N) is 1. The van der Waals surface area contributed by atoms with Crippen LogP contribution in [-0.4, -0.2) is 22.0 Å². The van der Waals surface area contributed by atoms with E-state index in [1.807, 2.05) is 36.4 Å². The molecular weight excluding hydrogens is 280 g/mol. The van der Waals surface area contributed by atoms with Crippen molar-refractivity contribution in [1.29, 1.82) is 0 Å². The van der Waals surface area contributed by atoms with E-state index in [0.717, 1.165) is 5.56 Å². The van der Waals surface area contributed by atoms with Crippen molar-refractivity contribution in [3.63, 3.8) is 0 Å². The molecule has 0 fully saturated rings. The molecule has 1 aliphatic heterocycles. The number of amides is 1. The predicted octanol–water partition coefficient (Wildman–Crippen LogP) is 2.14. The molecule has 3 rings (SSSR count). The Labute approximate surface area is 129 Å². The molecule has 1 aliphatic rings. The number of carbonyl (C=O) groups is 1. The summed E-state index contributed by atoms with van der Waals surface area (Å²) in [6.07, 6.45) is 2.85. The zero-order valence-corrected chi connectivity index (χ0v) is 12.3. The first-order valence-corrected chi connectivity index (χ1v) is 7.26. The number of nitrogens with zero attached hydrogens (tertiary/aromatic N) is 1. The molecule has 2 heterocycles. The summed E-state index contributed by atoms with van der Waals surface area (Å²) in [6, 6.07) is 10.7. The Kier molecular flexibility index (Phi) is 4.06. The summed E-state index contributed by atoms with van der Waals surface area (Å²) in [4.78, 5) is 15.5. The average molecular weight is 298 g/mol. The molecule has 1 amide bonds. The maximum Gasteiger partial charge on any atom is 0.217 e. The topological polar surface area (TPSA) is 71.5 Å². The van der Waals surface area contributed by atoms with Gasteiger partial charge in [-0.25, -0.2) is 0 Å². The van der Waals surface area contributed by atoms with Gasteiger partial charge in [-0.3, -0.25) is 9.78 Å². The summed E-state index contributed by atoms with van der Waals surface area (Å²) < 4.78 is 6.09. The molecule has 0 spiro atoms. The van der Waals surface area contributed by atoms with Crippen LogP contribution in [0.5, 0.6) is 5.75 Å². The van der Waals surface area contributed by atoms with Gasteiger partial charge in [-0.05, 0) is 23.8 Å². The third-order valence-electron chi connectivity index (χ3n) is 3.82. The number of carbonyl (C=O) groups excluding carboxylic acids is 1. The van der Waals surface area contributed by atoms with Gasteiger partial charge < -0.3 is 15.2 Å². The number of hydrogen-bond donors (Lipinski definition) is 2. The van der Waals surface area contributed by atoms with Gasteiger partial charge >= 0.3 is 0 Å². The molecule has 0 saturated heterocycles. The van der Waals surface area contributed by atoms with Gasteiger partial charge in [0.15, 0.2) is 0 Å². The summed E-state index contributed by atoms with van der Waals surface area (Å²) in [5, 5.41) is 13.4. The van der Waals surface area contributed by atoms with Gasteiger partial charge in [0.2, 0.25) is 5.91 Å². The van der Waals surface area contributed by atoms with Crippen LogP contribution in [-0.2, 0) is 4.79 Å². The van der Waals surface area contributed by atoms with E-state index >= 15 is 0 Å². The first kappa shape index (κ1) is 14.5. The third-order valence-corrected chi connectivity index (χ3v) is 3.82. The largest absolute Gasteiger partial charge is 0.485 e. The lowest BCUT2D eigenvalue weighted by molar-refractivity contribution is -0.120. The summed E-state index contributed by atoms with van der Waals surface area (Å²) in [6.45, 7) is 1.45. The second kappa shape index (κ2) is 6.15. The minimum Gasteiger partial charge on any atom is -0.485 e. The van der Waals surface area contributed by atoms with Crippen molar-refractivity contribution in [2.45, 2.75) is 31.6 Å². The number of rotatable bonds is 2. The number of ether oxygens (including phenoxy) is 1. The Morgan fingerprint density at radius 3 is 2.73 bits per heavy atom. The number of aliphatic hydroxyl groups excluding tert-OH is 1. The van der Waals surface area contributed by atoms with Crippen LogP contribution in [0.25, 0.3) is 0 Å². The zero-order chi connectivity index (χ0) is 15.5. The van der Waals surface area contributed by atoms with Gasteiger partial charge in [-0.1, -0.05) is 18.2 Å². The first-order valence-electron chi connectivity index (χ1n) is 7.26. The molecule has 1 aromatic heterocycles. The molecule has 22 heavy (non-hydrogen) atoms. The van der Waals surface area contributed by atoms with Crippen molar-refractivity contribution in [3.05, 3.63) is 59.9 Å². The third kappa shape index (κ3) is 2.94. The van der Waals surface area contributed by atoms with Crippen LogP contribution in [0.3, 0.4) is 0 Å². The zero-order valence-electron chi connectivity index (χ0n) is 12.3. The quantitative estimate of drug-likeness (QED) is 0.891. The minimum atomic E-state index is -0.799. The van der Waals surface area contributed by atoms with Crippen LogP contribution in [0.15, 0.2) is 48.8 Å². The Bertz CT molecular complexity index is 660. The average Bonchev–Trinajstić information content (AvgIpc) is 2.66. The SMILES string of the molecule is CC(=O)NC1CC(c2ccncc2)Oc2ccccc2C1O. The van der Waals surface area contributed by atoms with Crippen LogP contribution in [0.2, 0.25) is 0 Å². The van der Waals surface area contributed by atoms with Gasteiger partial charge in [0.25, 0.3) is 0 Å². The first-order chi connectivity index (χ1) is 10.6. The monoisotopic (exact) mass is 298 g/mol. The van der Waals surface area contributed by atoms with Crippen LogP contribution in [0.1, 0.15) is 36.7 Å². The second-order valence-corrected chi connectivity index (χ2v) is 5.41. The molecule has 2 N–H and O–H groups in total. The van der Waals surface area contributed by atoms with Crippen LogP contribution >= 0.6 is 0 Å². The lowest BCUT2D eigenvalue weighted by Gasteiger charge is -2.23. The molecule has 114 valence electrons. The van der Waals surface area contributed by atoms with Gasteiger partial charge in [-0.2, -0.15) is 0 Å². The lowest BCUT2D eigenvalue weighted by Crippen LogP contribution is -2.38. The summed E-state index contributed by atoms with van der Waals surface area (Å²) in [5.41, 5.74) is 1.66. The highest BCUT2D eigenvalue weighted by Crippen LogP contribution is 2.38. The van der Waals surface area contributed by atoms with Gasteiger partial charge in [0.1, 0.15) is 18.0 Å². The molecule has 0 bridgehead atoms.